The van der Waals surface area contributed by atoms with Crippen molar-refractivity contribution in [1.29, 1.82) is 0 Å². The highest BCUT2D eigenvalue weighted by atomic mass is 16.6. The van der Waals surface area contributed by atoms with Crippen LogP contribution in [-0.2, 0) is 4.74 Å². The van der Waals surface area contributed by atoms with Crippen molar-refractivity contribution in [1.82, 2.24) is 5.06 Å². The predicted octanol–water partition coefficient (Wildman–Crippen LogP) is 2.39. The number of rotatable bonds is 3. The van der Waals surface area contributed by atoms with E-state index < -0.39 is 16.9 Å². The molecule has 2 atom stereocenters. The molecule has 1 heterocycles. The van der Waals surface area contributed by atoms with Crippen molar-refractivity contribution in [2.45, 2.75) is 70.7 Å². The van der Waals surface area contributed by atoms with Crippen molar-refractivity contribution in [2.75, 3.05) is 7.11 Å². The number of hydrogen-bond donors (Lipinski definition) is 2. The molecule has 102 valence electrons. The number of ether oxygens (including phenoxy) is 1. The maximum Gasteiger partial charge on any atom is 0.171 e. The standard InChI is InChI=1S/C13H27NO3/c1-7-12(8-2)10(3)13(15,17-6)9-11(4,5)14(12)16/h10,15-16H,7-9H2,1-6H3. The van der Waals surface area contributed by atoms with Crippen LogP contribution in [0.25, 0.3) is 0 Å². The SMILES string of the molecule is CCC1(CC)C(C)C(O)(OC)CC(C)(C)N1O. The molecule has 0 spiro atoms. The number of methoxy groups -OCH3 is 1. The van der Waals surface area contributed by atoms with E-state index in [-0.39, 0.29) is 5.92 Å². The molecule has 1 aliphatic heterocycles. The topological polar surface area (TPSA) is 52.9 Å². The zero-order valence-corrected chi connectivity index (χ0v) is 11.9. The van der Waals surface area contributed by atoms with Crippen molar-refractivity contribution >= 4 is 0 Å². The zero-order chi connectivity index (χ0) is 13.5. The number of hydrogen-bond acceptors (Lipinski definition) is 4. The molecule has 1 saturated heterocycles. The highest BCUT2D eigenvalue weighted by Crippen LogP contribution is 2.49. The van der Waals surface area contributed by atoms with E-state index in [9.17, 15) is 10.3 Å². The van der Waals surface area contributed by atoms with E-state index in [0.29, 0.717) is 6.42 Å². The number of hydroxylamine groups is 2. The van der Waals surface area contributed by atoms with Crippen molar-refractivity contribution in [3.63, 3.8) is 0 Å². The second-order valence-corrected chi connectivity index (χ2v) is 5.88. The minimum atomic E-state index is -1.17. The monoisotopic (exact) mass is 245 g/mol. The highest BCUT2D eigenvalue weighted by molar-refractivity contribution is 5.06. The van der Waals surface area contributed by atoms with Gasteiger partial charge in [-0.15, -0.1) is 0 Å². The van der Waals surface area contributed by atoms with Gasteiger partial charge in [-0.25, -0.2) is 0 Å². The Morgan fingerprint density at radius 2 is 1.76 bits per heavy atom. The summed E-state index contributed by atoms with van der Waals surface area (Å²) in [6, 6.07) is 0. The molecule has 0 amide bonds. The Hall–Kier alpha value is -0.160. The average Bonchev–Trinajstić information content (AvgIpc) is 2.29. The van der Waals surface area contributed by atoms with E-state index in [0.717, 1.165) is 12.8 Å². The van der Waals surface area contributed by atoms with Crippen molar-refractivity contribution in [3.8, 4) is 0 Å². The molecule has 1 aliphatic rings. The molecule has 0 aromatic carbocycles. The smallest absolute Gasteiger partial charge is 0.171 e. The lowest BCUT2D eigenvalue weighted by Crippen LogP contribution is -2.71. The Morgan fingerprint density at radius 1 is 1.29 bits per heavy atom. The second kappa shape index (κ2) is 4.50. The van der Waals surface area contributed by atoms with E-state index in [4.69, 9.17) is 4.74 Å². The van der Waals surface area contributed by atoms with Crippen LogP contribution in [0, 0.1) is 5.92 Å². The highest BCUT2D eigenvalue weighted by Gasteiger charge is 2.59. The Morgan fingerprint density at radius 3 is 2.12 bits per heavy atom. The molecule has 0 aromatic heterocycles. The third-order valence-electron chi connectivity index (χ3n) is 4.74. The quantitative estimate of drug-likeness (QED) is 0.750. The predicted molar refractivity (Wildman–Crippen MR) is 66.8 cm³/mol. The Balaban J connectivity index is 3.26. The molecule has 0 saturated carbocycles. The molecule has 0 radical (unpaired) electrons. The Kier molecular flexibility index (Phi) is 3.94. The first-order chi connectivity index (χ1) is 7.70. The van der Waals surface area contributed by atoms with Crippen molar-refractivity contribution in [2.24, 2.45) is 5.92 Å². The molecular formula is C13H27NO3. The fraction of sp³-hybridized carbons (Fsp3) is 1.00. The maximum absolute atomic E-state index is 10.6. The summed E-state index contributed by atoms with van der Waals surface area (Å²) < 4.78 is 5.35. The summed E-state index contributed by atoms with van der Waals surface area (Å²) in [7, 11) is 1.54. The first-order valence-electron chi connectivity index (χ1n) is 6.47. The molecule has 17 heavy (non-hydrogen) atoms. The van der Waals surface area contributed by atoms with E-state index in [1.807, 2.05) is 34.6 Å². The molecule has 1 rings (SSSR count). The summed E-state index contributed by atoms with van der Waals surface area (Å²) in [6.45, 7) is 9.90. The normalized spacial score (nSPS) is 37.1. The van der Waals surface area contributed by atoms with Gasteiger partial charge in [-0.05, 0) is 26.7 Å². The van der Waals surface area contributed by atoms with Crippen molar-refractivity contribution in [3.05, 3.63) is 0 Å². The average molecular weight is 245 g/mol. The van der Waals surface area contributed by atoms with Gasteiger partial charge in [0.25, 0.3) is 0 Å². The van der Waals surface area contributed by atoms with Gasteiger partial charge < -0.3 is 15.1 Å². The number of aliphatic hydroxyl groups is 1. The lowest BCUT2D eigenvalue weighted by atomic mass is 9.66. The van der Waals surface area contributed by atoms with Gasteiger partial charge in [-0.3, -0.25) is 0 Å². The fourth-order valence-corrected chi connectivity index (χ4v) is 3.46. The number of nitrogens with zero attached hydrogens (tertiary/aromatic N) is 1. The summed E-state index contributed by atoms with van der Waals surface area (Å²) in [4.78, 5) is 0. The van der Waals surface area contributed by atoms with Crippen LogP contribution in [0.15, 0.2) is 0 Å². The number of piperidine rings is 1. The summed E-state index contributed by atoms with van der Waals surface area (Å²) >= 11 is 0. The zero-order valence-electron chi connectivity index (χ0n) is 11.9. The van der Waals surface area contributed by atoms with Gasteiger partial charge in [0.1, 0.15) is 0 Å². The molecular weight excluding hydrogens is 218 g/mol. The van der Waals surface area contributed by atoms with Gasteiger partial charge in [-0.1, -0.05) is 20.8 Å². The first-order valence-corrected chi connectivity index (χ1v) is 6.47. The van der Waals surface area contributed by atoms with Crippen molar-refractivity contribution < 1.29 is 15.1 Å². The van der Waals surface area contributed by atoms with Crippen LogP contribution < -0.4 is 0 Å². The lowest BCUT2D eigenvalue weighted by molar-refractivity contribution is -0.359. The summed E-state index contributed by atoms with van der Waals surface area (Å²) in [5.41, 5.74) is -0.935. The van der Waals surface area contributed by atoms with Crippen LogP contribution in [0.5, 0.6) is 0 Å². The van der Waals surface area contributed by atoms with Gasteiger partial charge >= 0.3 is 0 Å². The molecule has 2 N–H and O–H groups in total. The molecule has 4 heteroatoms. The largest absolute Gasteiger partial charge is 0.365 e. The summed E-state index contributed by atoms with van der Waals surface area (Å²) in [6.07, 6.45) is 1.95. The molecule has 1 fully saturated rings. The summed E-state index contributed by atoms with van der Waals surface area (Å²) in [5, 5.41) is 22.6. The van der Waals surface area contributed by atoms with E-state index in [1.54, 1.807) is 0 Å². The lowest BCUT2D eigenvalue weighted by Gasteiger charge is -2.60. The van der Waals surface area contributed by atoms with Crippen LogP contribution in [0.1, 0.15) is 53.9 Å². The Labute approximate surface area is 105 Å². The van der Waals surface area contributed by atoms with Crippen LogP contribution >= 0.6 is 0 Å². The van der Waals surface area contributed by atoms with Crippen LogP contribution in [0.2, 0.25) is 0 Å². The Bertz CT molecular complexity index is 276. The molecule has 2 unspecified atom stereocenters. The van der Waals surface area contributed by atoms with Crippen LogP contribution in [-0.4, -0.2) is 39.4 Å². The first kappa shape index (κ1) is 14.9. The van der Waals surface area contributed by atoms with Gasteiger partial charge in [0.05, 0.1) is 5.54 Å². The van der Waals surface area contributed by atoms with Crippen LogP contribution in [0.3, 0.4) is 0 Å². The van der Waals surface area contributed by atoms with Gasteiger partial charge in [0.2, 0.25) is 0 Å². The second-order valence-electron chi connectivity index (χ2n) is 5.88. The third kappa shape index (κ3) is 2.01. The molecule has 4 nitrogen and oxygen atoms in total. The van der Waals surface area contributed by atoms with E-state index >= 15 is 0 Å². The minimum absolute atomic E-state index is 0.145. The van der Waals surface area contributed by atoms with Crippen LogP contribution in [0.4, 0.5) is 0 Å². The van der Waals surface area contributed by atoms with E-state index in [1.165, 1.54) is 12.2 Å². The third-order valence-corrected chi connectivity index (χ3v) is 4.74. The van der Waals surface area contributed by atoms with Gasteiger partial charge in [-0.2, -0.15) is 5.06 Å². The molecule has 0 bridgehead atoms. The van der Waals surface area contributed by atoms with Gasteiger partial charge in [0, 0.05) is 25.0 Å². The minimum Gasteiger partial charge on any atom is -0.365 e. The maximum atomic E-state index is 10.6. The molecule has 0 aromatic rings. The summed E-state index contributed by atoms with van der Waals surface area (Å²) in [5.74, 6) is -1.32. The van der Waals surface area contributed by atoms with Gasteiger partial charge in [0.15, 0.2) is 5.79 Å². The fourth-order valence-electron chi connectivity index (χ4n) is 3.46. The molecule has 0 aliphatic carbocycles. The van der Waals surface area contributed by atoms with E-state index in [2.05, 4.69) is 0 Å².